The lowest BCUT2D eigenvalue weighted by molar-refractivity contribution is -0.117. The molecule has 7 nitrogen and oxygen atoms in total. The monoisotopic (exact) mass is 466 g/mol. The number of hydrogen-bond donors (Lipinski definition) is 2. The topological polar surface area (TPSA) is 97.1 Å². The predicted octanol–water partition coefficient (Wildman–Crippen LogP) is 3.72. The molecule has 0 spiro atoms. The largest absolute Gasteiger partial charge is 0.411 e. The van der Waals surface area contributed by atoms with Gasteiger partial charge < -0.3 is 9.73 Å². The van der Waals surface area contributed by atoms with Crippen LogP contribution in [-0.4, -0.2) is 34.4 Å². The Labute approximate surface area is 172 Å². The number of nitrogens with one attached hydrogen (secondary N) is 2. The third-order valence-electron chi connectivity index (χ3n) is 3.33. The highest BCUT2D eigenvalue weighted by Crippen LogP contribution is 2.28. The molecule has 3 rings (SSSR count). The van der Waals surface area contributed by atoms with Gasteiger partial charge in [-0.1, -0.05) is 30.0 Å². The van der Waals surface area contributed by atoms with E-state index in [9.17, 15) is 9.59 Å². The molecule has 2 N–H and O–H groups in total. The van der Waals surface area contributed by atoms with Crippen molar-refractivity contribution < 1.29 is 14.0 Å². The molecule has 140 valence electrons. The number of hydrogen-bond acceptors (Lipinski definition) is 7. The molecule has 2 aromatic heterocycles. The van der Waals surface area contributed by atoms with Gasteiger partial charge in [-0.3, -0.25) is 10.1 Å². The van der Waals surface area contributed by atoms with Crippen LogP contribution in [0.2, 0.25) is 0 Å². The van der Waals surface area contributed by atoms with E-state index < -0.39 is 11.9 Å². The van der Waals surface area contributed by atoms with Crippen LogP contribution in [0.15, 0.2) is 55.9 Å². The van der Waals surface area contributed by atoms with Gasteiger partial charge in [0.1, 0.15) is 0 Å². The van der Waals surface area contributed by atoms with Gasteiger partial charge in [-0.2, -0.15) is 0 Å². The normalized spacial score (nSPS) is 10.6. The maximum atomic E-state index is 11.9. The van der Waals surface area contributed by atoms with Gasteiger partial charge in [-0.05, 0) is 45.9 Å². The molecule has 3 amide bonds. The number of nitrogens with zero attached hydrogens (tertiary/aromatic N) is 2. The number of amides is 3. The zero-order valence-electron chi connectivity index (χ0n) is 14.0. The Kier molecular flexibility index (Phi) is 7.02. The van der Waals surface area contributed by atoms with Gasteiger partial charge in [-0.15, -0.1) is 21.5 Å². The van der Waals surface area contributed by atoms with E-state index in [1.54, 1.807) is 11.3 Å². The number of thioether (sulfide) groups is 1. The molecular formula is C17H15BrN4O3S2. The summed E-state index contributed by atoms with van der Waals surface area (Å²) in [6.45, 7) is 0.464. The standard InChI is InChI=1S/C17H15BrN4O3S2/c18-13-6-2-1-5-12(13)15-21-22-17(25-15)27-10-14(23)20-16(24)19-8-7-11-4-3-9-26-11/h1-6,9H,7-8,10H2,(H2,19,20,23,24). The van der Waals surface area contributed by atoms with Crippen LogP contribution in [0.1, 0.15) is 4.88 Å². The first-order valence-corrected chi connectivity index (χ1v) is 10.6. The highest BCUT2D eigenvalue weighted by atomic mass is 79.9. The maximum Gasteiger partial charge on any atom is 0.321 e. The van der Waals surface area contributed by atoms with Gasteiger partial charge in [0.2, 0.25) is 11.8 Å². The second kappa shape index (κ2) is 9.67. The highest BCUT2D eigenvalue weighted by Gasteiger charge is 2.14. The summed E-state index contributed by atoms with van der Waals surface area (Å²) in [5.41, 5.74) is 0.770. The first kappa shape index (κ1) is 19.6. The number of rotatable bonds is 7. The Morgan fingerprint density at radius 3 is 2.81 bits per heavy atom. The molecule has 0 aliphatic carbocycles. The molecule has 0 aliphatic heterocycles. The summed E-state index contributed by atoms with van der Waals surface area (Å²) in [6.07, 6.45) is 0.730. The molecule has 0 aliphatic rings. The van der Waals surface area contributed by atoms with Crippen molar-refractivity contribution in [1.29, 1.82) is 0 Å². The molecule has 1 aromatic carbocycles. The van der Waals surface area contributed by atoms with Gasteiger partial charge in [0, 0.05) is 15.9 Å². The summed E-state index contributed by atoms with van der Waals surface area (Å²) >= 11 is 6.12. The van der Waals surface area contributed by atoms with Crippen molar-refractivity contribution in [2.75, 3.05) is 12.3 Å². The van der Waals surface area contributed by atoms with Crippen molar-refractivity contribution in [1.82, 2.24) is 20.8 Å². The number of thiophene rings is 1. The molecule has 2 heterocycles. The molecule has 3 aromatic rings. The number of imide groups is 1. The minimum atomic E-state index is -0.517. The molecule has 0 fully saturated rings. The van der Waals surface area contributed by atoms with E-state index in [4.69, 9.17) is 4.42 Å². The van der Waals surface area contributed by atoms with Crippen LogP contribution >= 0.6 is 39.0 Å². The Balaban J connectivity index is 1.41. The molecular weight excluding hydrogens is 452 g/mol. The molecule has 0 saturated heterocycles. The van der Waals surface area contributed by atoms with E-state index in [0.717, 1.165) is 28.2 Å². The van der Waals surface area contributed by atoms with Gasteiger partial charge in [0.15, 0.2) is 0 Å². The second-order valence-electron chi connectivity index (χ2n) is 5.28. The molecule has 0 bridgehead atoms. The quantitative estimate of drug-likeness (QED) is 0.514. The first-order chi connectivity index (χ1) is 13.1. The van der Waals surface area contributed by atoms with Gasteiger partial charge in [0.05, 0.1) is 11.3 Å². The number of benzene rings is 1. The van der Waals surface area contributed by atoms with E-state index in [2.05, 4.69) is 36.8 Å². The Bertz CT molecular complexity index is 915. The third-order valence-corrected chi connectivity index (χ3v) is 5.77. The third kappa shape index (κ3) is 5.91. The first-order valence-electron chi connectivity index (χ1n) is 7.93. The predicted molar refractivity (Wildman–Crippen MR) is 108 cm³/mol. The van der Waals surface area contributed by atoms with Crippen molar-refractivity contribution in [3.8, 4) is 11.5 Å². The minimum absolute atomic E-state index is 0.00403. The number of carbonyl (C=O) groups excluding carboxylic acids is 2. The lowest BCUT2D eigenvalue weighted by atomic mass is 10.2. The fourth-order valence-electron chi connectivity index (χ4n) is 2.10. The molecule has 0 radical (unpaired) electrons. The summed E-state index contributed by atoms with van der Waals surface area (Å²) < 4.78 is 6.38. The number of halogens is 1. The number of carbonyl (C=O) groups is 2. The molecule has 0 saturated carbocycles. The van der Waals surface area contributed by atoms with Gasteiger partial charge >= 0.3 is 6.03 Å². The molecule has 27 heavy (non-hydrogen) atoms. The van der Waals surface area contributed by atoms with Crippen LogP contribution in [0.25, 0.3) is 11.5 Å². The zero-order valence-corrected chi connectivity index (χ0v) is 17.2. The number of aromatic nitrogens is 2. The average Bonchev–Trinajstić information content (AvgIpc) is 3.32. The van der Waals surface area contributed by atoms with Crippen LogP contribution < -0.4 is 10.6 Å². The zero-order chi connectivity index (χ0) is 19.1. The fourth-order valence-corrected chi connectivity index (χ4v) is 3.83. The van der Waals surface area contributed by atoms with E-state index >= 15 is 0 Å². The minimum Gasteiger partial charge on any atom is -0.411 e. The van der Waals surface area contributed by atoms with E-state index in [1.807, 2.05) is 41.8 Å². The van der Waals surface area contributed by atoms with Crippen molar-refractivity contribution in [3.05, 3.63) is 51.1 Å². The lowest BCUT2D eigenvalue weighted by Crippen LogP contribution is -2.41. The van der Waals surface area contributed by atoms with Crippen LogP contribution in [0.4, 0.5) is 4.79 Å². The van der Waals surface area contributed by atoms with Gasteiger partial charge in [-0.25, -0.2) is 4.79 Å². The van der Waals surface area contributed by atoms with Crippen molar-refractivity contribution in [2.45, 2.75) is 11.6 Å². The molecule has 10 heteroatoms. The summed E-state index contributed by atoms with van der Waals surface area (Å²) in [4.78, 5) is 24.8. The van der Waals surface area contributed by atoms with Crippen LogP contribution in [-0.2, 0) is 11.2 Å². The van der Waals surface area contributed by atoms with Crippen molar-refractivity contribution in [2.24, 2.45) is 0 Å². The summed E-state index contributed by atoms with van der Waals surface area (Å²) in [7, 11) is 0. The van der Waals surface area contributed by atoms with E-state index in [-0.39, 0.29) is 11.0 Å². The fraction of sp³-hybridized carbons (Fsp3) is 0.176. The van der Waals surface area contributed by atoms with Crippen LogP contribution in [0.3, 0.4) is 0 Å². The Morgan fingerprint density at radius 1 is 1.19 bits per heavy atom. The highest BCUT2D eigenvalue weighted by molar-refractivity contribution is 9.10. The molecule has 0 atom stereocenters. The van der Waals surface area contributed by atoms with Crippen molar-refractivity contribution in [3.63, 3.8) is 0 Å². The van der Waals surface area contributed by atoms with E-state index in [1.165, 1.54) is 4.88 Å². The summed E-state index contributed by atoms with van der Waals surface area (Å²) in [6, 6.07) is 10.9. The Hall–Kier alpha value is -2.17. The number of urea groups is 1. The van der Waals surface area contributed by atoms with Gasteiger partial charge in [0.25, 0.3) is 5.22 Å². The Morgan fingerprint density at radius 2 is 2.04 bits per heavy atom. The maximum absolute atomic E-state index is 11.9. The summed E-state index contributed by atoms with van der Waals surface area (Å²) in [5.74, 6) is -0.0818. The van der Waals surface area contributed by atoms with E-state index in [0.29, 0.717) is 12.4 Å². The summed E-state index contributed by atoms with van der Waals surface area (Å²) in [5, 5.41) is 15.0. The SMILES string of the molecule is O=C(CSc1nnc(-c2ccccc2Br)o1)NC(=O)NCCc1cccs1. The van der Waals surface area contributed by atoms with Crippen LogP contribution in [0.5, 0.6) is 0 Å². The molecule has 0 unspecified atom stereocenters. The lowest BCUT2D eigenvalue weighted by Gasteiger charge is -2.05. The smallest absolute Gasteiger partial charge is 0.321 e. The average molecular weight is 467 g/mol. The second-order valence-corrected chi connectivity index (χ2v) is 8.09. The van der Waals surface area contributed by atoms with Crippen molar-refractivity contribution >= 4 is 51.0 Å². The van der Waals surface area contributed by atoms with Crippen LogP contribution in [0, 0.1) is 0 Å².